The van der Waals surface area contributed by atoms with Crippen LogP contribution in [0.5, 0.6) is 0 Å². The molecule has 0 bridgehead atoms. The Labute approximate surface area is 92.7 Å². The van der Waals surface area contributed by atoms with Gasteiger partial charge in [0, 0.05) is 5.56 Å². The Morgan fingerprint density at radius 2 is 1.82 bits per heavy atom. The van der Waals surface area contributed by atoms with Gasteiger partial charge in [0.05, 0.1) is 5.56 Å². The van der Waals surface area contributed by atoms with Crippen molar-refractivity contribution in [3.8, 4) is 0 Å². The van der Waals surface area contributed by atoms with Crippen LogP contribution in [-0.4, -0.2) is 16.9 Å². The highest BCUT2D eigenvalue weighted by Gasteiger charge is 2.35. The lowest BCUT2D eigenvalue weighted by atomic mass is 10.0. The molecule has 0 saturated carbocycles. The highest BCUT2D eigenvalue weighted by Crippen LogP contribution is 2.33. The van der Waals surface area contributed by atoms with Gasteiger partial charge in [-0.3, -0.25) is 9.59 Å². The molecule has 0 aromatic heterocycles. The van der Waals surface area contributed by atoms with E-state index in [-0.39, 0.29) is 6.07 Å². The minimum Gasteiger partial charge on any atom is -0.481 e. The summed E-state index contributed by atoms with van der Waals surface area (Å²) < 4.78 is 50.1. The van der Waals surface area contributed by atoms with Gasteiger partial charge in [0.1, 0.15) is 12.2 Å². The van der Waals surface area contributed by atoms with Crippen molar-refractivity contribution in [2.75, 3.05) is 0 Å². The number of aliphatic carboxylic acids is 1. The Hall–Kier alpha value is -1.92. The molecule has 7 heteroatoms. The third kappa shape index (κ3) is 3.27. The number of alkyl halides is 3. The van der Waals surface area contributed by atoms with Crippen molar-refractivity contribution in [1.82, 2.24) is 0 Å². The molecule has 1 aromatic rings. The van der Waals surface area contributed by atoms with Gasteiger partial charge < -0.3 is 5.11 Å². The Bertz CT molecular complexity index is 465. The van der Waals surface area contributed by atoms with Crippen LogP contribution < -0.4 is 0 Å². The highest BCUT2D eigenvalue weighted by molar-refractivity contribution is 6.06. The van der Waals surface area contributed by atoms with Gasteiger partial charge in [-0.1, -0.05) is 0 Å². The van der Waals surface area contributed by atoms with Crippen LogP contribution in [0.3, 0.4) is 0 Å². The molecule has 0 unspecified atom stereocenters. The molecule has 17 heavy (non-hydrogen) atoms. The number of hydrogen-bond acceptors (Lipinski definition) is 2. The molecule has 3 nitrogen and oxygen atoms in total. The number of carboxylic acids is 1. The molecule has 0 fully saturated rings. The molecule has 0 atom stereocenters. The average Bonchev–Trinajstić information content (AvgIpc) is 2.14. The Kier molecular flexibility index (Phi) is 3.50. The summed E-state index contributed by atoms with van der Waals surface area (Å²) in [5, 5.41) is 8.32. The van der Waals surface area contributed by atoms with Crippen molar-refractivity contribution in [1.29, 1.82) is 0 Å². The summed E-state index contributed by atoms with van der Waals surface area (Å²) in [7, 11) is 0. The predicted molar refractivity (Wildman–Crippen MR) is 48.0 cm³/mol. The van der Waals surface area contributed by atoms with Gasteiger partial charge in [-0.05, 0) is 18.2 Å². The van der Waals surface area contributed by atoms with Crippen LogP contribution in [0.4, 0.5) is 17.6 Å². The Morgan fingerprint density at radius 1 is 1.24 bits per heavy atom. The normalized spacial score (nSPS) is 11.3. The lowest BCUT2D eigenvalue weighted by Crippen LogP contribution is -2.15. The molecule has 92 valence electrons. The molecular formula is C10H6F4O3. The van der Waals surface area contributed by atoms with Gasteiger partial charge in [-0.25, -0.2) is 4.39 Å². The topological polar surface area (TPSA) is 54.4 Å². The number of ketones is 1. The number of halogens is 4. The number of carbonyl (C=O) groups is 2. The summed E-state index contributed by atoms with van der Waals surface area (Å²) in [6.07, 6.45) is -5.99. The average molecular weight is 250 g/mol. The van der Waals surface area contributed by atoms with E-state index < -0.39 is 41.3 Å². The van der Waals surface area contributed by atoms with E-state index in [1.165, 1.54) is 0 Å². The number of rotatable bonds is 3. The van der Waals surface area contributed by atoms with Crippen LogP contribution in [0.1, 0.15) is 22.3 Å². The maximum absolute atomic E-state index is 12.7. The van der Waals surface area contributed by atoms with Gasteiger partial charge in [0.2, 0.25) is 0 Å². The van der Waals surface area contributed by atoms with Crippen LogP contribution >= 0.6 is 0 Å². The molecule has 0 radical (unpaired) electrons. The molecule has 0 amide bonds. The van der Waals surface area contributed by atoms with E-state index in [1.54, 1.807) is 0 Å². The van der Waals surface area contributed by atoms with Crippen LogP contribution in [0.15, 0.2) is 18.2 Å². The second kappa shape index (κ2) is 4.52. The molecule has 0 aliphatic rings. The predicted octanol–water partition coefficient (Wildman–Crippen LogP) is 2.50. The van der Waals surface area contributed by atoms with Crippen molar-refractivity contribution in [2.24, 2.45) is 0 Å². The first-order valence-corrected chi connectivity index (χ1v) is 4.33. The summed E-state index contributed by atoms with van der Waals surface area (Å²) in [4.78, 5) is 21.5. The van der Waals surface area contributed by atoms with E-state index in [0.717, 1.165) is 0 Å². The molecule has 1 N–H and O–H groups in total. The fraction of sp³-hybridized carbons (Fsp3) is 0.200. The minimum absolute atomic E-state index is 0.162. The van der Waals surface area contributed by atoms with Crippen LogP contribution in [0.2, 0.25) is 0 Å². The Morgan fingerprint density at radius 3 is 2.29 bits per heavy atom. The van der Waals surface area contributed by atoms with E-state index in [1.807, 2.05) is 0 Å². The lowest BCUT2D eigenvalue weighted by molar-refractivity contribution is -0.139. The van der Waals surface area contributed by atoms with Gasteiger partial charge >= 0.3 is 12.1 Å². The first-order chi connectivity index (χ1) is 7.71. The Balaban J connectivity index is 3.24. The zero-order chi connectivity index (χ0) is 13.2. The molecule has 0 spiro atoms. The monoisotopic (exact) mass is 250 g/mol. The quantitative estimate of drug-likeness (QED) is 0.509. The molecule has 0 aliphatic carbocycles. The van der Waals surface area contributed by atoms with Gasteiger partial charge in [0.25, 0.3) is 0 Å². The van der Waals surface area contributed by atoms with E-state index in [2.05, 4.69) is 0 Å². The van der Waals surface area contributed by atoms with E-state index in [0.29, 0.717) is 12.1 Å². The molecule has 0 aliphatic heterocycles. The second-order valence-corrected chi connectivity index (χ2v) is 3.18. The fourth-order valence-corrected chi connectivity index (χ4v) is 1.23. The lowest BCUT2D eigenvalue weighted by Gasteiger charge is -2.11. The smallest absolute Gasteiger partial charge is 0.417 e. The maximum atomic E-state index is 12.7. The zero-order valence-corrected chi connectivity index (χ0v) is 8.21. The summed E-state index contributed by atoms with van der Waals surface area (Å²) in [5.74, 6) is -3.92. The van der Waals surface area contributed by atoms with Crippen molar-refractivity contribution in [2.45, 2.75) is 12.6 Å². The summed E-state index contributed by atoms with van der Waals surface area (Å²) in [5.41, 5.74) is -2.31. The molecule has 1 rings (SSSR count). The zero-order valence-electron chi connectivity index (χ0n) is 8.21. The number of Topliss-reactive ketones (excluding diaryl/α,β-unsaturated/α-hetero) is 1. The van der Waals surface area contributed by atoms with Gasteiger partial charge in [-0.15, -0.1) is 0 Å². The first-order valence-electron chi connectivity index (χ1n) is 4.33. The van der Waals surface area contributed by atoms with E-state index in [4.69, 9.17) is 5.11 Å². The first kappa shape index (κ1) is 13.1. The molecule has 0 saturated heterocycles. The van der Waals surface area contributed by atoms with Crippen LogP contribution in [0, 0.1) is 5.82 Å². The second-order valence-electron chi connectivity index (χ2n) is 3.18. The number of benzene rings is 1. The van der Waals surface area contributed by atoms with Crippen molar-refractivity contribution in [3.63, 3.8) is 0 Å². The van der Waals surface area contributed by atoms with E-state index in [9.17, 15) is 27.2 Å². The minimum atomic E-state index is -4.91. The van der Waals surface area contributed by atoms with Crippen molar-refractivity contribution >= 4 is 11.8 Å². The van der Waals surface area contributed by atoms with Crippen LogP contribution in [0.25, 0.3) is 0 Å². The third-order valence-electron chi connectivity index (χ3n) is 1.90. The van der Waals surface area contributed by atoms with Crippen molar-refractivity contribution < 1.29 is 32.3 Å². The van der Waals surface area contributed by atoms with Gasteiger partial charge in [-0.2, -0.15) is 13.2 Å². The summed E-state index contributed by atoms with van der Waals surface area (Å²) in [6.45, 7) is 0. The summed E-state index contributed by atoms with van der Waals surface area (Å²) >= 11 is 0. The number of hydrogen-bond donors (Lipinski definition) is 1. The fourth-order valence-electron chi connectivity index (χ4n) is 1.23. The summed E-state index contributed by atoms with van der Waals surface area (Å²) in [6, 6.07) is 1.46. The van der Waals surface area contributed by atoms with E-state index >= 15 is 0 Å². The SMILES string of the molecule is O=C(O)CC(=O)c1ccc(F)cc1C(F)(F)F. The number of carbonyl (C=O) groups excluding carboxylic acids is 1. The molecule has 1 aromatic carbocycles. The standard InChI is InChI=1S/C10H6F4O3/c11-5-1-2-6(8(15)4-9(16)17)7(3-5)10(12,13)14/h1-3H,4H2,(H,16,17). The van der Waals surface area contributed by atoms with Crippen LogP contribution in [-0.2, 0) is 11.0 Å². The highest BCUT2D eigenvalue weighted by atomic mass is 19.4. The van der Waals surface area contributed by atoms with Gasteiger partial charge in [0.15, 0.2) is 5.78 Å². The number of carboxylic acid groups (broad SMARTS) is 1. The largest absolute Gasteiger partial charge is 0.481 e. The molecule has 0 heterocycles. The maximum Gasteiger partial charge on any atom is 0.417 e. The van der Waals surface area contributed by atoms with Crippen molar-refractivity contribution in [3.05, 3.63) is 35.1 Å². The molecular weight excluding hydrogens is 244 g/mol. The third-order valence-corrected chi connectivity index (χ3v) is 1.90.